The highest BCUT2D eigenvalue weighted by Crippen LogP contribution is 2.28. The smallest absolute Gasteiger partial charge is 0.166 e. The van der Waals surface area contributed by atoms with Crippen LogP contribution in [0.5, 0.6) is 0 Å². The Bertz CT molecular complexity index is 419. The molecule has 0 aliphatic carbocycles. The summed E-state index contributed by atoms with van der Waals surface area (Å²) in [5.74, 6) is -3.36. The van der Waals surface area contributed by atoms with E-state index in [0.29, 0.717) is 32.2 Å². The summed E-state index contributed by atoms with van der Waals surface area (Å²) in [6.07, 6.45) is 0. The third kappa shape index (κ3) is 2.49. The zero-order chi connectivity index (χ0) is 13.1. The molecule has 1 aliphatic rings. The Hall–Kier alpha value is -1.14. The van der Waals surface area contributed by atoms with E-state index >= 15 is 0 Å². The van der Waals surface area contributed by atoms with Gasteiger partial charge in [0.1, 0.15) is 12.5 Å². The Labute approximate surface area is 103 Å². The maximum absolute atomic E-state index is 13.6. The van der Waals surface area contributed by atoms with E-state index in [1.165, 1.54) is 0 Å². The Balaban J connectivity index is 2.34. The fourth-order valence-electron chi connectivity index (χ4n) is 2.20. The van der Waals surface area contributed by atoms with Crippen molar-refractivity contribution >= 4 is 0 Å². The summed E-state index contributed by atoms with van der Waals surface area (Å²) in [4.78, 5) is 1.62. The van der Waals surface area contributed by atoms with Crippen molar-refractivity contribution in [3.05, 3.63) is 35.1 Å². The van der Waals surface area contributed by atoms with Crippen molar-refractivity contribution in [2.45, 2.75) is 6.04 Å². The zero-order valence-corrected chi connectivity index (χ0v) is 9.73. The van der Waals surface area contributed by atoms with E-state index in [1.54, 1.807) is 4.90 Å². The molecule has 1 heterocycles. The van der Waals surface area contributed by atoms with Gasteiger partial charge in [-0.1, -0.05) is 0 Å². The molecule has 1 saturated heterocycles. The molecule has 0 spiro atoms. The number of piperazine rings is 1. The van der Waals surface area contributed by atoms with Crippen molar-refractivity contribution in [3.8, 4) is 0 Å². The van der Waals surface area contributed by atoms with E-state index in [4.69, 9.17) is 0 Å². The standard InChI is InChI=1S/C12H14F4N2/c13-7-10(18-5-3-17-4-6-18)11-8(14)1-2-9(15)12(11)16/h1-2,10,17H,3-7H2/t10-/m0/s1. The molecule has 1 N–H and O–H groups in total. The van der Waals surface area contributed by atoms with Crippen molar-refractivity contribution in [3.63, 3.8) is 0 Å². The molecule has 0 aromatic heterocycles. The molecule has 1 fully saturated rings. The SMILES string of the molecule is FC[C@@H](c1c(F)ccc(F)c1F)N1CCNCC1. The van der Waals surface area contributed by atoms with E-state index in [0.717, 1.165) is 6.07 Å². The van der Waals surface area contributed by atoms with Gasteiger partial charge in [0.05, 0.1) is 6.04 Å². The Kier molecular flexibility index (Phi) is 4.19. The average molecular weight is 262 g/mol. The number of benzene rings is 1. The molecule has 1 atom stereocenters. The molecule has 1 aromatic carbocycles. The fourth-order valence-corrected chi connectivity index (χ4v) is 2.20. The molecule has 18 heavy (non-hydrogen) atoms. The molecular formula is C12H14F4N2. The molecule has 0 unspecified atom stereocenters. The second-order valence-corrected chi connectivity index (χ2v) is 4.21. The molecular weight excluding hydrogens is 248 g/mol. The first-order valence-electron chi connectivity index (χ1n) is 5.79. The molecule has 0 bridgehead atoms. The second-order valence-electron chi connectivity index (χ2n) is 4.21. The second kappa shape index (κ2) is 5.67. The van der Waals surface area contributed by atoms with Gasteiger partial charge in [0.15, 0.2) is 11.6 Å². The number of hydrogen-bond donors (Lipinski definition) is 1. The highest BCUT2D eigenvalue weighted by Gasteiger charge is 2.28. The molecule has 0 amide bonds. The Morgan fingerprint density at radius 3 is 2.33 bits per heavy atom. The number of nitrogens with zero attached hydrogens (tertiary/aromatic N) is 1. The van der Waals surface area contributed by atoms with Crippen molar-refractivity contribution in [2.75, 3.05) is 32.9 Å². The molecule has 0 saturated carbocycles. The third-order valence-electron chi connectivity index (χ3n) is 3.15. The molecule has 100 valence electrons. The first-order chi connectivity index (χ1) is 8.65. The van der Waals surface area contributed by atoms with Gasteiger partial charge in [-0.3, -0.25) is 4.90 Å². The summed E-state index contributed by atoms with van der Waals surface area (Å²) in [6.45, 7) is 1.25. The van der Waals surface area contributed by atoms with Crippen LogP contribution in [0.2, 0.25) is 0 Å². The first kappa shape index (κ1) is 13.3. The minimum atomic E-state index is -1.30. The van der Waals surface area contributed by atoms with Crippen LogP contribution < -0.4 is 5.32 Å². The lowest BCUT2D eigenvalue weighted by atomic mass is 10.0. The van der Waals surface area contributed by atoms with Gasteiger partial charge >= 0.3 is 0 Å². The number of halogens is 4. The minimum absolute atomic E-state index is 0.476. The van der Waals surface area contributed by atoms with E-state index < -0.39 is 35.7 Å². The van der Waals surface area contributed by atoms with E-state index in [1.807, 2.05) is 0 Å². The zero-order valence-electron chi connectivity index (χ0n) is 9.73. The van der Waals surface area contributed by atoms with Crippen LogP contribution in [0.3, 0.4) is 0 Å². The summed E-state index contributed by atoms with van der Waals surface area (Å²) in [5.41, 5.74) is -0.514. The van der Waals surface area contributed by atoms with Crippen LogP contribution in [0.1, 0.15) is 11.6 Å². The predicted octanol–water partition coefficient (Wildman–Crippen LogP) is 2.02. The van der Waals surface area contributed by atoms with Gasteiger partial charge in [-0.25, -0.2) is 17.6 Å². The number of rotatable bonds is 3. The van der Waals surface area contributed by atoms with Crippen LogP contribution in [-0.4, -0.2) is 37.8 Å². The van der Waals surface area contributed by atoms with Gasteiger partial charge in [0.2, 0.25) is 0 Å². The summed E-state index contributed by atoms with van der Waals surface area (Å²) < 4.78 is 53.5. The molecule has 6 heteroatoms. The maximum atomic E-state index is 13.6. The fraction of sp³-hybridized carbons (Fsp3) is 0.500. The van der Waals surface area contributed by atoms with Gasteiger partial charge in [-0.2, -0.15) is 0 Å². The maximum Gasteiger partial charge on any atom is 0.166 e. The van der Waals surface area contributed by atoms with Crippen LogP contribution in [0.25, 0.3) is 0 Å². The monoisotopic (exact) mass is 262 g/mol. The molecule has 1 aromatic rings. The highest BCUT2D eigenvalue weighted by molar-refractivity contribution is 5.25. The lowest BCUT2D eigenvalue weighted by molar-refractivity contribution is 0.140. The molecule has 0 radical (unpaired) electrons. The number of nitrogens with one attached hydrogen (secondary N) is 1. The van der Waals surface area contributed by atoms with Gasteiger partial charge in [0, 0.05) is 31.7 Å². The van der Waals surface area contributed by atoms with Gasteiger partial charge in [0.25, 0.3) is 0 Å². The van der Waals surface area contributed by atoms with Crippen molar-refractivity contribution in [2.24, 2.45) is 0 Å². The summed E-state index contributed by atoms with van der Waals surface area (Å²) in [7, 11) is 0. The number of hydrogen-bond acceptors (Lipinski definition) is 2. The quantitative estimate of drug-likeness (QED) is 0.662. The van der Waals surface area contributed by atoms with Crippen LogP contribution in [-0.2, 0) is 0 Å². The predicted molar refractivity (Wildman–Crippen MR) is 59.5 cm³/mol. The van der Waals surface area contributed by atoms with Crippen molar-refractivity contribution in [1.29, 1.82) is 0 Å². The van der Waals surface area contributed by atoms with Crippen molar-refractivity contribution < 1.29 is 17.6 Å². The van der Waals surface area contributed by atoms with Gasteiger partial charge < -0.3 is 5.32 Å². The Morgan fingerprint density at radius 1 is 1.11 bits per heavy atom. The summed E-state index contributed by atoms with van der Waals surface area (Å²) in [6, 6.07) is 0.475. The van der Waals surface area contributed by atoms with Crippen LogP contribution >= 0.6 is 0 Å². The van der Waals surface area contributed by atoms with Gasteiger partial charge in [-0.15, -0.1) is 0 Å². The topological polar surface area (TPSA) is 15.3 Å². The highest BCUT2D eigenvalue weighted by atomic mass is 19.2. The largest absolute Gasteiger partial charge is 0.314 e. The van der Waals surface area contributed by atoms with E-state index in [9.17, 15) is 17.6 Å². The summed E-state index contributed by atoms with van der Waals surface area (Å²) in [5, 5.41) is 3.06. The van der Waals surface area contributed by atoms with Gasteiger partial charge in [-0.05, 0) is 12.1 Å². The number of alkyl halides is 1. The first-order valence-corrected chi connectivity index (χ1v) is 5.79. The third-order valence-corrected chi connectivity index (χ3v) is 3.15. The normalized spacial score (nSPS) is 18.9. The van der Waals surface area contributed by atoms with Crippen LogP contribution in [0.15, 0.2) is 12.1 Å². The van der Waals surface area contributed by atoms with Crippen LogP contribution in [0, 0.1) is 17.5 Å². The van der Waals surface area contributed by atoms with Crippen molar-refractivity contribution in [1.82, 2.24) is 10.2 Å². The average Bonchev–Trinajstić information content (AvgIpc) is 2.40. The van der Waals surface area contributed by atoms with Crippen LogP contribution in [0.4, 0.5) is 17.6 Å². The Morgan fingerprint density at radius 2 is 1.72 bits per heavy atom. The molecule has 2 rings (SSSR count). The van der Waals surface area contributed by atoms with E-state index in [2.05, 4.69) is 5.32 Å². The lowest BCUT2D eigenvalue weighted by Crippen LogP contribution is -2.46. The minimum Gasteiger partial charge on any atom is -0.314 e. The molecule has 1 aliphatic heterocycles. The lowest BCUT2D eigenvalue weighted by Gasteiger charge is -2.33. The summed E-state index contributed by atoms with van der Waals surface area (Å²) >= 11 is 0. The molecule has 2 nitrogen and oxygen atoms in total. The van der Waals surface area contributed by atoms with E-state index in [-0.39, 0.29) is 0 Å².